The second-order valence-corrected chi connectivity index (χ2v) is 4.91. The molecule has 0 saturated carbocycles. The molecule has 0 aromatic heterocycles. The molecule has 1 atom stereocenters. The average Bonchev–Trinajstić information content (AvgIpc) is 2.87. The van der Waals surface area contributed by atoms with E-state index in [0.717, 1.165) is 31.8 Å². The van der Waals surface area contributed by atoms with Crippen LogP contribution in [0.5, 0.6) is 0 Å². The van der Waals surface area contributed by atoms with Gasteiger partial charge in [-0.05, 0) is 24.6 Å². The van der Waals surface area contributed by atoms with Gasteiger partial charge in [-0.2, -0.15) is 0 Å². The number of nitrogen functional groups attached to an aromatic ring is 1. The van der Waals surface area contributed by atoms with Crippen LogP contribution >= 0.6 is 0 Å². The number of nitrogens with two attached hydrogens (primary N) is 1. The molecule has 1 aliphatic rings. The van der Waals surface area contributed by atoms with Gasteiger partial charge >= 0.3 is 0 Å². The Morgan fingerprint density at radius 1 is 1.58 bits per heavy atom. The normalized spacial score (nSPS) is 18.6. The Kier molecular flexibility index (Phi) is 4.27. The lowest BCUT2D eigenvalue weighted by molar-refractivity contribution is 0.0963. The molecular formula is C14H21N3O2. The summed E-state index contributed by atoms with van der Waals surface area (Å²) in [5.41, 5.74) is 8.12. The molecule has 2 rings (SSSR count). The molecule has 3 N–H and O–H groups in total. The van der Waals surface area contributed by atoms with Crippen LogP contribution in [0, 0.1) is 5.92 Å². The molecule has 5 nitrogen and oxygen atoms in total. The zero-order valence-electron chi connectivity index (χ0n) is 11.5. The molecule has 1 aromatic rings. The second kappa shape index (κ2) is 5.93. The lowest BCUT2D eigenvalue weighted by atomic mass is 10.1. The lowest BCUT2D eigenvalue weighted by Gasteiger charge is -2.22. The molecule has 1 heterocycles. The van der Waals surface area contributed by atoms with Crippen LogP contribution in [0.15, 0.2) is 18.2 Å². The molecule has 0 radical (unpaired) electrons. The third kappa shape index (κ3) is 2.98. The third-order valence-electron chi connectivity index (χ3n) is 3.52. The first-order valence-corrected chi connectivity index (χ1v) is 6.51. The van der Waals surface area contributed by atoms with Crippen LogP contribution in [-0.2, 0) is 4.74 Å². The van der Waals surface area contributed by atoms with Crippen molar-refractivity contribution in [2.45, 2.75) is 6.42 Å². The number of benzene rings is 1. The van der Waals surface area contributed by atoms with E-state index >= 15 is 0 Å². The Bertz CT molecular complexity index is 462. The first-order valence-electron chi connectivity index (χ1n) is 6.51. The number of carbonyl (C=O) groups excluding carboxylic acids is 1. The summed E-state index contributed by atoms with van der Waals surface area (Å²) < 4.78 is 5.20. The van der Waals surface area contributed by atoms with Crippen LogP contribution in [0.3, 0.4) is 0 Å². The first-order chi connectivity index (χ1) is 9.15. The fourth-order valence-corrected chi connectivity index (χ4v) is 2.56. The maximum Gasteiger partial charge on any atom is 0.253 e. The number of hydrogen-bond acceptors (Lipinski definition) is 4. The minimum Gasteiger partial charge on any atom is -0.399 e. The van der Waals surface area contributed by atoms with Crippen LogP contribution in [0.25, 0.3) is 0 Å². The molecule has 19 heavy (non-hydrogen) atoms. The Morgan fingerprint density at radius 3 is 3.05 bits per heavy atom. The van der Waals surface area contributed by atoms with Crippen LogP contribution in [-0.4, -0.2) is 39.8 Å². The van der Waals surface area contributed by atoms with Gasteiger partial charge in [0.15, 0.2) is 0 Å². The summed E-state index contributed by atoms with van der Waals surface area (Å²) in [7, 11) is 3.36. The van der Waals surface area contributed by atoms with Crippen LogP contribution in [0.2, 0.25) is 0 Å². The molecule has 0 bridgehead atoms. The molecule has 104 valence electrons. The lowest BCUT2D eigenvalue weighted by Crippen LogP contribution is -2.26. The minimum absolute atomic E-state index is 0.0785. The van der Waals surface area contributed by atoms with Crippen molar-refractivity contribution in [3.05, 3.63) is 23.8 Å². The second-order valence-electron chi connectivity index (χ2n) is 4.91. The molecule has 5 heteroatoms. The molecule has 0 aliphatic carbocycles. The number of carbonyl (C=O) groups is 1. The summed E-state index contributed by atoms with van der Waals surface area (Å²) in [5.74, 6) is 0.439. The molecule has 1 fully saturated rings. The number of hydrogen-bond donors (Lipinski definition) is 2. The van der Waals surface area contributed by atoms with E-state index in [9.17, 15) is 4.79 Å². The monoisotopic (exact) mass is 263 g/mol. The summed E-state index contributed by atoms with van der Waals surface area (Å²) in [6.07, 6.45) is 1.08. The summed E-state index contributed by atoms with van der Waals surface area (Å²) in [4.78, 5) is 14.1. The molecule has 0 spiro atoms. The standard InChI is InChI=1S/C14H21N3O2/c1-16-14(18)12-4-3-11(15)7-13(12)17-6-5-10(8-17)9-19-2/h3-4,7,10H,5-6,8-9,15H2,1-2H3,(H,16,18). The zero-order chi connectivity index (χ0) is 13.8. The maximum absolute atomic E-state index is 11.9. The first kappa shape index (κ1) is 13.7. The van der Waals surface area contributed by atoms with Crippen molar-refractivity contribution in [1.82, 2.24) is 5.32 Å². The van der Waals surface area contributed by atoms with Crippen molar-refractivity contribution in [2.75, 3.05) is 44.5 Å². The van der Waals surface area contributed by atoms with Gasteiger partial charge in [-0.3, -0.25) is 4.79 Å². The number of methoxy groups -OCH3 is 1. The highest BCUT2D eigenvalue weighted by molar-refractivity contribution is 6.00. The number of anilines is 2. The smallest absolute Gasteiger partial charge is 0.253 e. The Labute approximate surface area is 113 Å². The number of nitrogens with one attached hydrogen (secondary N) is 1. The van der Waals surface area contributed by atoms with Gasteiger partial charge in [0, 0.05) is 38.9 Å². The molecule has 1 aromatic carbocycles. The van der Waals surface area contributed by atoms with Gasteiger partial charge in [-0.1, -0.05) is 0 Å². The Balaban J connectivity index is 2.24. The Morgan fingerprint density at radius 2 is 2.37 bits per heavy atom. The minimum atomic E-state index is -0.0785. The largest absolute Gasteiger partial charge is 0.399 e. The van der Waals surface area contributed by atoms with E-state index in [4.69, 9.17) is 10.5 Å². The van der Waals surface area contributed by atoms with E-state index in [1.807, 2.05) is 6.07 Å². The van der Waals surface area contributed by atoms with Crippen molar-refractivity contribution >= 4 is 17.3 Å². The highest BCUT2D eigenvalue weighted by atomic mass is 16.5. The highest BCUT2D eigenvalue weighted by Gasteiger charge is 2.25. The van der Waals surface area contributed by atoms with Crippen molar-refractivity contribution < 1.29 is 9.53 Å². The van der Waals surface area contributed by atoms with Gasteiger partial charge in [0.2, 0.25) is 0 Å². The predicted octanol–water partition coefficient (Wildman–Crippen LogP) is 1.10. The van der Waals surface area contributed by atoms with Crippen LogP contribution < -0.4 is 16.0 Å². The Hall–Kier alpha value is -1.75. The van der Waals surface area contributed by atoms with Crippen LogP contribution in [0.1, 0.15) is 16.8 Å². The number of amides is 1. The number of rotatable bonds is 4. The average molecular weight is 263 g/mol. The van der Waals surface area contributed by atoms with E-state index in [1.54, 1.807) is 26.3 Å². The van der Waals surface area contributed by atoms with Gasteiger partial charge in [-0.25, -0.2) is 0 Å². The van der Waals surface area contributed by atoms with Crippen molar-refractivity contribution in [2.24, 2.45) is 5.92 Å². The van der Waals surface area contributed by atoms with E-state index in [-0.39, 0.29) is 5.91 Å². The highest BCUT2D eigenvalue weighted by Crippen LogP contribution is 2.29. The summed E-state index contributed by atoms with van der Waals surface area (Å²) >= 11 is 0. The van der Waals surface area contributed by atoms with Gasteiger partial charge in [0.1, 0.15) is 0 Å². The maximum atomic E-state index is 11.9. The molecule has 1 unspecified atom stereocenters. The third-order valence-corrected chi connectivity index (χ3v) is 3.52. The van der Waals surface area contributed by atoms with Crippen LogP contribution in [0.4, 0.5) is 11.4 Å². The van der Waals surface area contributed by atoms with E-state index in [0.29, 0.717) is 17.2 Å². The number of nitrogens with zero attached hydrogens (tertiary/aromatic N) is 1. The van der Waals surface area contributed by atoms with Gasteiger partial charge in [-0.15, -0.1) is 0 Å². The summed E-state index contributed by atoms with van der Waals surface area (Å²) in [6.45, 7) is 2.59. The zero-order valence-corrected chi connectivity index (χ0v) is 11.5. The fraction of sp³-hybridized carbons (Fsp3) is 0.500. The van der Waals surface area contributed by atoms with Gasteiger partial charge < -0.3 is 20.7 Å². The molecule has 1 aliphatic heterocycles. The quantitative estimate of drug-likeness (QED) is 0.798. The van der Waals surface area contributed by atoms with E-state index < -0.39 is 0 Å². The van der Waals surface area contributed by atoms with Gasteiger partial charge in [0.05, 0.1) is 17.9 Å². The van der Waals surface area contributed by atoms with Crippen molar-refractivity contribution in [3.63, 3.8) is 0 Å². The summed E-state index contributed by atoms with van der Waals surface area (Å²) in [5, 5.41) is 2.67. The topological polar surface area (TPSA) is 67.6 Å². The van der Waals surface area contributed by atoms with Gasteiger partial charge in [0.25, 0.3) is 5.91 Å². The summed E-state index contributed by atoms with van der Waals surface area (Å²) in [6, 6.07) is 5.42. The number of ether oxygens (including phenoxy) is 1. The SMILES string of the molecule is CNC(=O)c1ccc(N)cc1N1CCC(COC)C1. The van der Waals surface area contributed by atoms with Crippen molar-refractivity contribution in [3.8, 4) is 0 Å². The molecule has 1 saturated heterocycles. The fourth-order valence-electron chi connectivity index (χ4n) is 2.56. The van der Waals surface area contributed by atoms with E-state index in [2.05, 4.69) is 10.2 Å². The van der Waals surface area contributed by atoms with E-state index in [1.165, 1.54) is 0 Å². The molecular weight excluding hydrogens is 242 g/mol. The predicted molar refractivity (Wildman–Crippen MR) is 76.4 cm³/mol. The molecule has 1 amide bonds. The van der Waals surface area contributed by atoms with Crippen molar-refractivity contribution in [1.29, 1.82) is 0 Å².